The molecule has 2 fully saturated rings. The Morgan fingerprint density at radius 1 is 1.05 bits per heavy atom. The van der Waals surface area contributed by atoms with E-state index < -0.39 is 0 Å². The molecule has 0 radical (unpaired) electrons. The fraction of sp³-hybridized carbons (Fsp3) is 0.567. The molecule has 1 saturated carbocycles. The summed E-state index contributed by atoms with van der Waals surface area (Å²) >= 11 is 1.86. The standard InChI is InChI=1S/C30H39N5O2S/c1-18-13-20(3)31-29(36)25(18)17-33-11-10-26-28(30(33)37)21(4)27(38-26)14-22-5-7-23(8-6-22)34-15-24(16-34)35-12-9-19(2)32-35/h9,12-13,22-24H,5-8,10-11,14-17H2,1-4H3,(H,31,36). The first-order chi connectivity index (χ1) is 18.3. The molecule has 202 valence electrons. The highest BCUT2D eigenvalue weighted by Gasteiger charge is 2.36. The molecule has 8 heteroatoms. The van der Waals surface area contributed by atoms with Gasteiger partial charge >= 0.3 is 0 Å². The number of amides is 1. The van der Waals surface area contributed by atoms with Crippen LogP contribution in [0.2, 0.25) is 0 Å². The molecule has 3 aromatic heterocycles. The second-order valence-electron chi connectivity index (χ2n) is 11.8. The highest BCUT2D eigenvalue weighted by atomic mass is 32.1. The van der Waals surface area contributed by atoms with Gasteiger partial charge in [-0.3, -0.25) is 19.2 Å². The minimum Gasteiger partial charge on any atom is -0.334 e. The topological polar surface area (TPSA) is 74.2 Å². The van der Waals surface area contributed by atoms with Crippen LogP contribution in [0.15, 0.2) is 23.1 Å². The molecule has 1 aliphatic carbocycles. The molecule has 7 nitrogen and oxygen atoms in total. The number of thiophene rings is 1. The molecule has 1 amide bonds. The van der Waals surface area contributed by atoms with E-state index in [0.29, 0.717) is 36.7 Å². The summed E-state index contributed by atoms with van der Waals surface area (Å²) in [5.74, 6) is 0.796. The van der Waals surface area contributed by atoms with Crippen LogP contribution in [0.5, 0.6) is 0 Å². The molecule has 38 heavy (non-hydrogen) atoms. The zero-order valence-corrected chi connectivity index (χ0v) is 23.9. The lowest BCUT2D eigenvalue weighted by atomic mass is 9.81. The van der Waals surface area contributed by atoms with Crippen molar-refractivity contribution in [2.24, 2.45) is 5.92 Å². The van der Waals surface area contributed by atoms with Crippen molar-refractivity contribution in [2.45, 2.75) is 84.8 Å². The zero-order chi connectivity index (χ0) is 26.6. The lowest BCUT2D eigenvalue weighted by molar-refractivity contribution is 0.0286. The van der Waals surface area contributed by atoms with E-state index in [4.69, 9.17) is 0 Å². The number of H-pyrrole nitrogens is 1. The average Bonchev–Trinajstić information content (AvgIpc) is 3.41. The van der Waals surface area contributed by atoms with Gasteiger partial charge in [-0.05, 0) is 89.0 Å². The van der Waals surface area contributed by atoms with Gasteiger partial charge in [0, 0.05) is 59.3 Å². The van der Waals surface area contributed by atoms with Crippen LogP contribution in [-0.2, 0) is 19.4 Å². The Kier molecular flexibility index (Phi) is 6.80. The van der Waals surface area contributed by atoms with Gasteiger partial charge in [0.2, 0.25) is 0 Å². The molecule has 5 heterocycles. The third-order valence-corrected chi connectivity index (χ3v) is 10.5. The van der Waals surface area contributed by atoms with E-state index in [9.17, 15) is 9.59 Å². The van der Waals surface area contributed by atoms with Crippen LogP contribution in [0.3, 0.4) is 0 Å². The second kappa shape index (κ2) is 10.1. The molecular formula is C30H39N5O2S. The first kappa shape index (κ1) is 25.6. The van der Waals surface area contributed by atoms with E-state index in [-0.39, 0.29) is 11.5 Å². The maximum atomic E-state index is 13.5. The van der Waals surface area contributed by atoms with Crippen molar-refractivity contribution in [3.63, 3.8) is 0 Å². The number of carbonyl (C=O) groups excluding carboxylic acids is 1. The van der Waals surface area contributed by atoms with Crippen LogP contribution in [0.25, 0.3) is 0 Å². The molecular weight excluding hydrogens is 494 g/mol. The molecule has 0 atom stereocenters. The fourth-order valence-electron chi connectivity index (χ4n) is 6.76. The number of hydrogen-bond acceptors (Lipinski definition) is 5. The fourth-order valence-corrected chi connectivity index (χ4v) is 8.16. The molecule has 1 N–H and O–H groups in total. The summed E-state index contributed by atoms with van der Waals surface area (Å²) in [5.41, 5.74) is 5.61. The Hall–Kier alpha value is -2.71. The summed E-state index contributed by atoms with van der Waals surface area (Å²) < 4.78 is 2.14. The number of likely N-dealkylation sites (tertiary alicyclic amines) is 1. The smallest absolute Gasteiger partial charge is 0.255 e. The van der Waals surface area contributed by atoms with E-state index in [1.807, 2.05) is 36.2 Å². The quantitative estimate of drug-likeness (QED) is 0.498. The Morgan fingerprint density at radius 3 is 2.50 bits per heavy atom. The van der Waals surface area contributed by atoms with E-state index in [1.54, 1.807) is 0 Å². The summed E-state index contributed by atoms with van der Waals surface area (Å²) in [6.07, 6.45) is 9.18. The number of carbonyl (C=O) groups is 1. The number of aryl methyl sites for hydroxylation is 3. The van der Waals surface area contributed by atoms with E-state index in [1.165, 1.54) is 41.0 Å². The molecule has 2 aliphatic heterocycles. The first-order valence-corrected chi connectivity index (χ1v) is 14.9. The summed E-state index contributed by atoms with van der Waals surface area (Å²) in [4.78, 5) is 36.1. The van der Waals surface area contributed by atoms with E-state index in [0.717, 1.165) is 48.4 Å². The number of rotatable bonds is 6. The average molecular weight is 534 g/mol. The van der Waals surface area contributed by atoms with E-state index >= 15 is 0 Å². The molecule has 0 unspecified atom stereocenters. The van der Waals surface area contributed by atoms with Crippen molar-refractivity contribution in [3.8, 4) is 0 Å². The van der Waals surface area contributed by atoms with Crippen molar-refractivity contribution in [1.82, 2.24) is 24.6 Å². The van der Waals surface area contributed by atoms with Crippen molar-refractivity contribution in [1.29, 1.82) is 0 Å². The number of aromatic nitrogens is 3. The highest BCUT2D eigenvalue weighted by Crippen LogP contribution is 2.39. The Labute approximate surface area is 228 Å². The van der Waals surface area contributed by atoms with Gasteiger partial charge in [0.15, 0.2) is 0 Å². The number of hydrogen-bond donors (Lipinski definition) is 1. The van der Waals surface area contributed by atoms with Crippen molar-refractivity contribution >= 4 is 17.2 Å². The number of fused-ring (bicyclic) bond motifs is 1. The van der Waals surface area contributed by atoms with Crippen LogP contribution >= 0.6 is 11.3 Å². The van der Waals surface area contributed by atoms with Crippen molar-refractivity contribution in [3.05, 3.63) is 72.1 Å². The largest absolute Gasteiger partial charge is 0.334 e. The van der Waals surface area contributed by atoms with Crippen molar-refractivity contribution in [2.75, 3.05) is 19.6 Å². The van der Waals surface area contributed by atoms with Crippen LogP contribution in [0, 0.1) is 33.6 Å². The number of pyridine rings is 1. The normalized spacial score (nSPS) is 22.5. The number of aromatic amines is 1. The van der Waals surface area contributed by atoms with Gasteiger partial charge in [-0.25, -0.2) is 0 Å². The third-order valence-electron chi connectivity index (χ3n) is 9.08. The maximum absolute atomic E-state index is 13.5. The molecule has 1 saturated heterocycles. The van der Waals surface area contributed by atoms with Gasteiger partial charge in [-0.1, -0.05) is 0 Å². The first-order valence-electron chi connectivity index (χ1n) is 14.1. The van der Waals surface area contributed by atoms with Crippen molar-refractivity contribution < 1.29 is 4.79 Å². The van der Waals surface area contributed by atoms with Gasteiger partial charge in [0.05, 0.1) is 23.8 Å². The van der Waals surface area contributed by atoms with Crippen LogP contribution in [0.1, 0.15) is 79.9 Å². The lowest BCUT2D eigenvalue weighted by Crippen LogP contribution is -2.53. The van der Waals surface area contributed by atoms with Gasteiger partial charge in [0.25, 0.3) is 11.5 Å². The van der Waals surface area contributed by atoms with Crippen LogP contribution in [-0.4, -0.2) is 56.1 Å². The molecule has 3 aliphatic rings. The molecule has 3 aromatic rings. The van der Waals surface area contributed by atoms with Gasteiger partial charge in [-0.2, -0.15) is 5.10 Å². The molecule has 0 aromatic carbocycles. The molecule has 0 bridgehead atoms. The van der Waals surface area contributed by atoms with E-state index in [2.05, 4.69) is 45.8 Å². The Morgan fingerprint density at radius 2 is 1.82 bits per heavy atom. The number of nitrogens with zero attached hydrogens (tertiary/aromatic N) is 4. The second-order valence-corrected chi connectivity index (χ2v) is 13.0. The highest BCUT2D eigenvalue weighted by molar-refractivity contribution is 7.12. The van der Waals surface area contributed by atoms with Crippen LogP contribution < -0.4 is 5.56 Å². The van der Waals surface area contributed by atoms with Gasteiger partial charge < -0.3 is 9.88 Å². The number of nitrogens with one attached hydrogen (secondary N) is 1. The summed E-state index contributed by atoms with van der Waals surface area (Å²) in [6, 6.07) is 5.32. The summed E-state index contributed by atoms with van der Waals surface area (Å²) in [7, 11) is 0. The third kappa shape index (κ3) is 4.77. The van der Waals surface area contributed by atoms with Gasteiger partial charge in [-0.15, -0.1) is 11.3 Å². The molecule has 6 rings (SSSR count). The maximum Gasteiger partial charge on any atom is 0.255 e. The van der Waals surface area contributed by atoms with Crippen LogP contribution in [0.4, 0.5) is 0 Å². The minimum atomic E-state index is -0.0790. The Balaban J connectivity index is 1.06. The zero-order valence-electron chi connectivity index (χ0n) is 23.0. The minimum absolute atomic E-state index is 0.0790. The Bertz CT molecular complexity index is 1400. The summed E-state index contributed by atoms with van der Waals surface area (Å²) in [5, 5.41) is 4.60. The summed E-state index contributed by atoms with van der Waals surface area (Å²) in [6.45, 7) is 11.4. The van der Waals surface area contributed by atoms with Gasteiger partial charge in [0.1, 0.15) is 0 Å². The predicted molar refractivity (Wildman–Crippen MR) is 151 cm³/mol. The molecule has 0 spiro atoms. The lowest BCUT2D eigenvalue weighted by Gasteiger charge is -2.46. The monoisotopic (exact) mass is 533 g/mol. The SMILES string of the molecule is Cc1ccn(C2CN(C3CCC(Cc4sc5c(c4C)C(=O)N(Cc4c(C)cc(C)[nH]c4=O)CC5)CC3)C2)n1. The predicted octanol–water partition coefficient (Wildman–Crippen LogP) is 4.72.